The van der Waals surface area contributed by atoms with Crippen molar-refractivity contribution in [3.8, 4) is 0 Å². The zero-order chi connectivity index (χ0) is 15.5. The Balaban J connectivity index is 1.96. The van der Waals surface area contributed by atoms with Gasteiger partial charge in [0.05, 0.1) is 5.54 Å². The summed E-state index contributed by atoms with van der Waals surface area (Å²) in [4.78, 5) is 15.2. The van der Waals surface area contributed by atoms with Gasteiger partial charge >= 0.3 is 0 Å². The Labute approximate surface area is 130 Å². The molecule has 1 unspecified atom stereocenters. The van der Waals surface area contributed by atoms with Gasteiger partial charge in [-0.25, -0.2) is 0 Å². The lowest BCUT2D eigenvalue weighted by molar-refractivity contribution is -0.126. The van der Waals surface area contributed by atoms with Gasteiger partial charge in [-0.1, -0.05) is 24.9 Å². The Hall–Kier alpha value is -1.52. The number of benzene rings is 1. The van der Waals surface area contributed by atoms with E-state index in [9.17, 15) is 4.79 Å². The summed E-state index contributed by atoms with van der Waals surface area (Å²) >= 11 is 6.03. The molecule has 4 nitrogen and oxygen atoms in total. The number of hydrogen-bond donors (Lipinski definition) is 3. The first-order chi connectivity index (χ1) is 9.94. The normalized spacial score (nSPS) is 14.1. The van der Waals surface area contributed by atoms with Crippen molar-refractivity contribution in [2.24, 2.45) is 5.73 Å². The van der Waals surface area contributed by atoms with E-state index in [1.807, 2.05) is 31.3 Å². The fourth-order valence-corrected chi connectivity index (χ4v) is 2.68. The molecule has 21 heavy (non-hydrogen) atoms. The predicted octanol–water partition coefficient (Wildman–Crippen LogP) is 3.00. The number of aromatic nitrogens is 1. The average molecular weight is 308 g/mol. The molecule has 0 aliphatic rings. The van der Waals surface area contributed by atoms with Crippen LogP contribution in [0.15, 0.2) is 24.4 Å². The number of rotatable bonds is 6. The molecule has 1 amide bonds. The maximum atomic E-state index is 12.0. The van der Waals surface area contributed by atoms with Gasteiger partial charge in [0, 0.05) is 28.7 Å². The van der Waals surface area contributed by atoms with E-state index in [2.05, 4.69) is 10.3 Å². The van der Waals surface area contributed by atoms with Crippen LogP contribution in [0.3, 0.4) is 0 Å². The first-order valence-corrected chi connectivity index (χ1v) is 7.64. The molecule has 0 aliphatic heterocycles. The molecule has 0 saturated carbocycles. The third-order valence-electron chi connectivity index (χ3n) is 3.70. The Morgan fingerprint density at radius 1 is 1.48 bits per heavy atom. The van der Waals surface area contributed by atoms with Crippen molar-refractivity contribution in [3.05, 3.63) is 35.0 Å². The van der Waals surface area contributed by atoms with Gasteiger partial charge in [0.2, 0.25) is 5.91 Å². The molecule has 1 aromatic heterocycles. The van der Waals surface area contributed by atoms with E-state index in [0.717, 1.165) is 29.3 Å². The molecular weight excluding hydrogens is 286 g/mol. The van der Waals surface area contributed by atoms with Crippen LogP contribution in [0.25, 0.3) is 10.9 Å². The van der Waals surface area contributed by atoms with E-state index < -0.39 is 5.54 Å². The van der Waals surface area contributed by atoms with Crippen LogP contribution in [0.5, 0.6) is 0 Å². The minimum atomic E-state index is -0.793. The third kappa shape index (κ3) is 3.77. The second-order valence-corrected chi connectivity index (χ2v) is 6.11. The molecule has 0 spiro atoms. The summed E-state index contributed by atoms with van der Waals surface area (Å²) in [7, 11) is 0. The molecule has 4 N–H and O–H groups in total. The zero-order valence-electron chi connectivity index (χ0n) is 12.5. The zero-order valence-corrected chi connectivity index (χ0v) is 13.3. The number of H-pyrrole nitrogens is 1. The van der Waals surface area contributed by atoms with E-state index >= 15 is 0 Å². The summed E-state index contributed by atoms with van der Waals surface area (Å²) in [5.74, 6) is -0.0952. The smallest absolute Gasteiger partial charge is 0.239 e. The van der Waals surface area contributed by atoms with Crippen molar-refractivity contribution in [1.82, 2.24) is 10.3 Å². The molecule has 1 aromatic carbocycles. The maximum absolute atomic E-state index is 12.0. The van der Waals surface area contributed by atoms with Crippen molar-refractivity contribution < 1.29 is 4.79 Å². The number of nitrogens with one attached hydrogen (secondary N) is 2. The number of carbonyl (C=O) groups is 1. The fourth-order valence-electron chi connectivity index (χ4n) is 2.50. The molecule has 1 heterocycles. The number of aromatic amines is 1. The first kappa shape index (κ1) is 15.9. The number of carbonyl (C=O) groups excluding carboxylic acids is 1. The highest BCUT2D eigenvalue weighted by Gasteiger charge is 2.26. The van der Waals surface area contributed by atoms with Gasteiger partial charge in [-0.3, -0.25) is 4.79 Å². The highest BCUT2D eigenvalue weighted by Crippen LogP contribution is 2.22. The molecule has 114 valence electrons. The molecule has 2 aromatic rings. The van der Waals surface area contributed by atoms with Gasteiger partial charge in [0.15, 0.2) is 0 Å². The molecule has 1 atom stereocenters. The van der Waals surface area contributed by atoms with E-state index in [0.29, 0.717) is 18.0 Å². The standard InChI is InChI=1S/C16H22ClN3O/c1-3-7-16(2,18)15(21)19-8-6-11-10-20-14-5-4-12(17)9-13(11)14/h4-5,9-10,20H,3,6-8,18H2,1-2H3,(H,19,21). The predicted molar refractivity (Wildman–Crippen MR) is 87.5 cm³/mol. The van der Waals surface area contributed by atoms with E-state index in [-0.39, 0.29) is 5.91 Å². The van der Waals surface area contributed by atoms with E-state index in [1.165, 1.54) is 0 Å². The quantitative estimate of drug-likeness (QED) is 0.767. The highest BCUT2D eigenvalue weighted by atomic mass is 35.5. The molecule has 0 aliphatic carbocycles. The summed E-state index contributed by atoms with van der Waals surface area (Å²) in [6.45, 7) is 4.36. The van der Waals surface area contributed by atoms with Gasteiger partial charge < -0.3 is 16.0 Å². The lowest BCUT2D eigenvalue weighted by Gasteiger charge is -2.22. The van der Waals surface area contributed by atoms with Gasteiger partial charge in [-0.05, 0) is 43.5 Å². The summed E-state index contributed by atoms with van der Waals surface area (Å²) in [6, 6.07) is 5.75. The van der Waals surface area contributed by atoms with Gasteiger partial charge in [-0.2, -0.15) is 0 Å². The Morgan fingerprint density at radius 3 is 2.95 bits per heavy atom. The molecule has 2 rings (SSSR count). The van der Waals surface area contributed by atoms with Crippen molar-refractivity contribution in [2.75, 3.05) is 6.54 Å². The average Bonchev–Trinajstić information content (AvgIpc) is 2.81. The van der Waals surface area contributed by atoms with Crippen LogP contribution in [-0.2, 0) is 11.2 Å². The second kappa shape index (κ2) is 6.50. The highest BCUT2D eigenvalue weighted by molar-refractivity contribution is 6.31. The van der Waals surface area contributed by atoms with Gasteiger partial charge in [0.25, 0.3) is 0 Å². The van der Waals surface area contributed by atoms with Crippen molar-refractivity contribution in [3.63, 3.8) is 0 Å². The van der Waals surface area contributed by atoms with Crippen molar-refractivity contribution in [2.45, 2.75) is 38.6 Å². The van der Waals surface area contributed by atoms with Crippen molar-refractivity contribution >= 4 is 28.4 Å². The number of hydrogen-bond acceptors (Lipinski definition) is 2. The minimum Gasteiger partial charge on any atom is -0.361 e. The SMILES string of the molecule is CCCC(C)(N)C(=O)NCCc1c[nH]c2ccc(Cl)cc12. The van der Waals surface area contributed by atoms with E-state index in [4.69, 9.17) is 17.3 Å². The molecule has 0 fully saturated rings. The molecule has 0 bridgehead atoms. The monoisotopic (exact) mass is 307 g/mol. The van der Waals surface area contributed by atoms with Crippen LogP contribution in [0.1, 0.15) is 32.3 Å². The van der Waals surface area contributed by atoms with Crippen LogP contribution >= 0.6 is 11.6 Å². The van der Waals surface area contributed by atoms with Crippen molar-refractivity contribution in [1.29, 1.82) is 0 Å². The maximum Gasteiger partial charge on any atom is 0.239 e. The molecule has 0 saturated heterocycles. The first-order valence-electron chi connectivity index (χ1n) is 7.26. The number of halogens is 1. The van der Waals surface area contributed by atoms with Crippen LogP contribution in [0.4, 0.5) is 0 Å². The Kier molecular flexibility index (Phi) is 4.91. The number of nitrogens with two attached hydrogens (primary N) is 1. The van der Waals surface area contributed by atoms with Crippen LogP contribution in [0, 0.1) is 0 Å². The molecule has 0 radical (unpaired) electrons. The Bertz CT molecular complexity index is 633. The summed E-state index contributed by atoms with van der Waals surface area (Å²) in [6.07, 6.45) is 4.28. The Morgan fingerprint density at radius 2 is 2.24 bits per heavy atom. The number of fused-ring (bicyclic) bond motifs is 1. The lowest BCUT2D eigenvalue weighted by Crippen LogP contribution is -2.51. The summed E-state index contributed by atoms with van der Waals surface area (Å²) in [5.41, 5.74) is 7.40. The fraction of sp³-hybridized carbons (Fsp3) is 0.438. The van der Waals surface area contributed by atoms with Crippen LogP contribution in [-0.4, -0.2) is 23.0 Å². The lowest BCUT2D eigenvalue weighted by atomic mass is 9.96. The number of amides is 1. The largest absolute Gasteiger partial charge is 0.361 e. The van der Waals surface area contributed by atoms with Crippen LogP contribution in [0.2, 0.25) is 5.02 Å². The topological polar surface area (TPSA) is 70.9 Å². The van der Waals surface area contributed by atoms with Crippen LogP contribution < -0.4 is 11.1 Å². The third-order valence-corrected chi connectivity index (χ3v) is 3.93. The van der Waals surface area contributed by atoms with E-state index in [1.54, 1.807) is 6.92 Å². The summed E-state index contributed by atoms with van der Waals surface area (Å²) < 4.78 is 0. The second-order valence-electron chi connectivity index (χ2n) is 5.68. The molecule has 5 heteroatoms. The van der Waals surface area contributed by atoms with Gasteiger partial charge in [0.1, 0.15) is 0 Å². The van der Waals surface area contributed by atoms with Gasteiger partial charge in [-0.15, -0.1) is 0 Å². The molecular formula is C16H22ClN3O. The minimum absolute atomic E-state index is 0.0952. The summed E-state index contributed by atoms with van der Waals surface area (Å²) in [5, 5.41) is 4.73.